The van der Waals surface area contributed by atoms with Gasteiger partial charge < -0.3 is 38.3 Å². The van der Waals surface area contributed by atoms with Gasteiger partial charge in [-0.1, -0.05) is 13.3 Å². The van der Waals surface area contributed by atoms with Crippen molar-refractivity contribution in [2.24, 2.45) is 0 Å². The monoisotopic (exact) mass is 621 g/mol. The molecule has 0 saturated carbocycles. The van der Waals surface area contributed by atoms with Crippen molar-refractivity contribution >= 4 is 16.9 Å². The number of imidazole rings is 1. The summed E-state index contributed by atoms with van der Waals surface area (Å²) in [6.45, 7) is 10.8. The molecule has 4 aromatic rings. The van der Waals surface area contributed by atoms with Crippen LogP contribution in [0.15, 0.2) is 36.4 Å². The Bertz CT molecular complexity index is 1520. The van der Waals surface area contributed by atoms with Gasteiger partial charge in [-0.25, -0.2) is 4.98 Å². The van der Waals surface area contributed by atoms with Crippen LogP contribution in [0.2, 0.25) is 0 Å². The molecule has 0 unspecified atom stereocenters. The average Bonchev–Trinajstić information content (AvgIpc) is 3.36. The van der Waals surface area contributed by atoms with Gasteiger partial charge in [0.25, 0.3) is 5.88 Å². The maximum atomic E-state index is 11.0. The topological polar surface area (TPSA) is 113 Å². The molecule has 45 heavy (non-hydrogen) atoms. The van der Waals surface area contributed by atoms with Crippen LogP contribution in [-0.2, 0) is 26.1 Å². The molecule has 244 valence electrons. The van der Waals surface area contributed by atoms with Crippen molar-refractivity contribution in [3.8, 4) is 28.9 Å². The predicted octanol–water partition coefficient (Wildman–Crippen LogP) is 5.97. The number of unbranched alkanes of at least 4 members (excludes halogenated alkanes) is 1. The summed E-state index contributed by atoms with van der Waals surface area (Å²) in [6.07, 6.45) is 2.55. The number of nitrogens with zero attached hydrogens (tertiary/aromatic N) is 5. The van der Waals surface area contributed by atoms with Crippen LogP contribution in [0.5, 0.6) is 28.9 Å². The summed E-state index contributed by atoms with van der Waals surface area (Å²) in [7, 11) is 6.54. The number of benzene rings is 2. The molecule has 1 N–H and O–H groups in total. The summed E-state index contributed by atoms with van der Waals surface area (Å²) in [5.41, 5.74) is 2.20. The number of ether oxygens (including phenoxy) is 5. The Hall–Kier alpha value is -4.25. The van der Waals surface area contributed by atoms with E-state index < -0.39 is 5.60 Å². The van der Waals surface area contributed by atoms with Crippen molar-refractivity contribution < 1.29 is 28.8 Å². The van der Waals surface area contributed by atoms with Gasteiger partial charge in [-0.05, 0) is 58.4 Å². The van der Waals surface area contributed by atoms with E-state index in [-0.39, 0.29) is 6.10 Å². The van der Waals surface area contributed by atoms with Gasteiger partial charge in [0.1, 0.15) is 39.9 Å². The summed E-state index contributed by atoms with van der Waals surface area (Å²) in [5, 5.41) is 20.3. The van der Waals surface area contributed by atoms with Crippen LogP contribution in [0.25, 0.3) is 11.0 Å². The molecule has 0 radical (unpaired) electrons. The zero-order valence-corrected chi connectivity index (χ0v) is 28.0. The van der Waals surface area contributed by atoms with E-state index >= 15 is 0 Å². The molecule has 2 heterocycles. The Labute approximate surface area is 266 Å². The van der Waals surface area contributed by atoms with Crippen molar-refractivity contribution in [3.63, 3.8) is 0 Å². The molecule has 0 spiro atoms. The number of hydrogen-bond donors (Lipinski definition) is 1. The molecule has 0 atom stereocenters. The van der Waals surface area contributed by atoms with Gasteiger partial charge in [0.05, 0.1) is 46.7 Å². The fourth-order valence-corrected chi connectivity index (χ4v) is 5.24. The van der Waals surface area contributed by atoms with E-state index in [2.05, 4.69) is 16.9 Å². The maximum Gasteiger partial charge on any atom is 0.260 e. The number of rotatable bonds is 16. The quantitative estimate of drug-likeness (QED) is 0.161. The third-order valence-corrected chi connectivity index (χ3v) is 7.35. The van der Waals surface area contributed by atoms with E-state index in [1.54, 1.807) is 42.3 Å². The zero-order chi connectivity index (χ0) is 32.7. The largest absolute Gasteiger partial charge is 0.497 e. The molecule has 11 nitrogen and oxygen atoms in total. The molecular formula is C34H47N5O6. The lowest BCUT2D eigenvalue weighted by atomic mass is 10.1. The van der Waals surface area contributed by atoms with E-state index in [1.807, 2.05) is 54.8 Å². The molecular weight excluding hydrogens is 574 g/mol. The third-order valence-electron chi connectivity index (χ3n) is 7.35. The van der Waals surface area contributed by atoms with Crippen molar-refractivity contribution in [3.05, 3.63) is 53.3 Å². The van der Waals surface area contributed by atoms with E-state index in [9.17, 15) is 5.11 Å². The minimum atomic E-state index is -1.00. The number of fused-ring (bicyclic) bond motifs is 1. The Morgan fingerprint density at radius 2 is 1.44 bits per heavy atom. The Morgan fingerprint density at radius 1 is 0.867 bits per heavy atom. The first-order valence-corrected chi connectivity index (χ1v) is 15.3. The van der Waals surface area contributed by atoms with Gasteiger partial charge in [-0.15, -0.1) is 10.2 Å². The van der Waals surface area contributed by atoms with Crippen LogP contribution in [0.1, 0.15) is 64.4 Å². The first kappa shape index (κ1) is 33.6. The molecule has 11 heteroatoms. The van der Waals surface area contributed by atoms with Crippen LogP contribution < -0.4 is 28.6 Å². The SMILES string of the molecule is CCCCc1nc2c(N(Cc3ccc(OC)cc3OC)Cc3ccc(OC)cc3OC)nnc(OC(C)C)c2n1CC(C)(C)O. The van der Waals surface area contributed by atoms with Gasteiger partial charge >= 0.3 is 0 Å². The fourth-order valence-electron chi connectivity index (χ4n) is 5.24. The van der Waals surface area contributed by atoms with Crippen molar-refractivity contribution in [1.29, 1.82) is 0 Å². The molecule has 4 rings (SSSR count). The van der Waals surface area contributed by atoms with E-state index in [0.29, 0.717) is 65.4 Å². The summed E-state index contributed by atoms with van der Waals surface area (Å²) in [4.78, 5) is 7.28. The van der Waals surface area contributed by atoms with Gasteiger partial charge in [-0.2, -0.15) is 0 Å². The van der Waals surface area contributed by atoms with Crippen molar-refractivity contribution in [2.45, 2.75) is 85.2 Å². The second kappa shape index (κ2) is 14.7. The Kier molecular flexibility index (Phi) is 11.0. The van der Waals surface area contributed by atoms with Crippen LogP contribution in [-0.4, -0.2) is 65.0 Å². The maximum absolute atomic E-state index is 11.0. The summed E-state index contributed by atoms with van der Waals surface area (Å²) < 4.78 is 30.7. The lowest BCUT2D eigenvalue weighted by molar-refractivity contribution is 0.0616. The molecule has 0 saturated heterocycles. The number of aromatic nitrogens is 4. The molecule has 0 bridgehead atoms. The molecule has 0 amide bonds. The number of hydrogen-bond acceptors (Lipinski definition) is 10. The number of methoxy groups -OCH3 is 4. The van der Waals surface area contributed by atoms with E-state index in [1.165, 1.54) is 0 Å². The molecule has 0 aliphatic heterocycles. The van der Waals surface area contributed by atoms with Gasteiger partial charge in [0.2, 0.25) is 0 Å². The van der Waals surface area contributed by atoms with E-state index in [0.717, 1.165) is 36.2 Å². The molecule has 0 aliphatic rings. The minimum Gasteiger partial charge on any atom is -0.497 e. The normalized spacial score (nSPS) is 11.6. The first-order chi connectivity index (χ1) is 21.5. The zero-order valence-electron chi connectivity index (χ0n) is 28.0. The van der Waals surface area contributed by atoms with Gasteiger partial charge in [-0.3, -0.25) is 0 Å². The first-order valence-electron chi connectivity index (χ1n) is 15.3. The number of aryl methyl sites for hydroxylation is 1. The molecule has 0 aliphatic carbocycles. The highest BCUT2D eigenvalue weighted by Crippen LogP contribution is 2.36. The van der Waals surface area contributed by atoms with Gasteiger partial charge in [0.15, 0.2) is 5.82 Å². The number of anilines is 1. The third kappa shape index (κ3) is 8.08. The minimum absolute atomic E-state index is 0.138. The van der Waals surface area contributed by atoms with Crippen LogP contribution in [0.4, 0.5) is 5.82 Å². The molecule has 0 fully saturated rings. The highest BCUT2D eigenvalue weighted by atomic mass is 16.5. The lowest BCUT2D eigenvalue weighted by Crippen LogP contribution is -2.27. The lowest BCUT2D eigenvalue weighted by Gasteiger charge is -2.26. The average molecular weight is 622 g/mol. The highest BCUT2D eigenvalue weighted by Gasteiger charge is 2.28. The van der Waals surface area contributed by atoms with Crippen LogP contribution >= 0.6 is 0 Å². The predicted molar refractivity (Wildman–Crippen MR) is 175 cm³/mol. The standard InChI is InChI=1S/C34H47N5O6/c1-10-11-12-29-35-30-31(39(29)21-34(4,5)40)33(45-22(2)3)37-36-32(30)38(19-23-13-15-25(41-6)17-27(23)43-8)20-24-14-16-26(42-7)18-28(24)44-9/h13-18,22,40H,10-12,19-21H2,1-9H3. The second-order valence-corrected chi connectivity index (χ2v) is 11.9. The summed E-state index contributed by atoms with van der Waals surface area (Å²) in [6, 6.07) is 11.5. The van der Waals surface area contributed by atoms with Gasteiger partial charge in [0, 0.05) is 42.8 Å². The Morgan fingerprint density at radius 3 is 1.91 bits per heavy atom. The van der Waals surface area contributed by atoms with Crippen molar-refractivity contribution in [2.75, 3.05) is 33.3 Å². The smallest absolute Gasteiger partial charge is 0.260 e. The summed E-state index contributed by atoms with van der Waals surface area (Å²) >= 11 is 0. The highest BCUT2D eigenvalue weighted by molar-refractivity contribution is 5.90. The molecule has 2 aromatic carbocycles. The summed E-state index contributed by atoms with van der Waals surface area (Å²) in [5.74, 6) is 4.56. The van der Waals surface area contributed by atoms with Crippen LogP contribution in [0, 0.1) is 0 Å². The molecule has 2 aromatic heterocycles. The van der Waals surface area contributed by atoms with Crippen LogP contribution in [0.3, 0.4) is 0 Å². The second-order valence-electron chi connectivity index (χ2n) is 11.9. The van der Waals surface area contributed by atoms with Crippen molar-refractivity contribution in [1.82, 2.24) is 19.7 Å². The number of aliphatic hydroxyl groups is 1. The fraction of sp³-hybridized carbons (Fsp3) is 0.500. The van der Waals surface area contributed by atoms with E-state index in [4.69, 9.17) is 33.8 Å². The Balaban J connectivity index is 1.97.